The van der Waals surface area contributed by atoms with Gasteiger partial charge in [-0.25, -0.2) is 0 Å². The van der Waals surface area contributed by atoms with E-state index in [0.29, 0.717) is 24.7 Å². The zero-order valence-electron chi connectivity index (χ0n) is 23.5. The molecule has 1 aromatic heterocycles. The van der Waals surface area contributed by atoms with Gasteiger partial charge in [-0.05, 0) is 93.4 Å². The van der Waals surface area contributed by atoms with Gasteiger partial charge in [-0.3, -0.25) is 14.7 Å². The van der Waals surface area contributed by atoms with Gasteiger partial charge in [-0.15, -0.1) is 0 Å². The van der Waals surface area contributed by atoms with Crippen molar-refractivity contribution in [2.24, 2.45) is 5.41 Å². The summed E-state index contributed by atoms with van der Waals surface area (Å²) in [4.78, 5) is 30.2. The molecule has 1 saturated carbocycles. The molecule has 2 aliphatic carbocycles. The monoisotopic (exact) mass is 525 g/mol. The van der Waals surface area contributed by atoms with Crippen molar-refractivity contribution in [3.05, 3.63) is 76.0 Å². The van der Waals surface area contributed by atoms with Crippen LogP contribution in [0, 0.1) is 5.41 Å². The van der Waals surface area contributed by atoms with E-state index in [-0.39, 0.29) is 23.3 Å². The number of carbonyl (C=O) groups excluding carboxylic acids is 2. The summed E-state index contributed by atoms with van der Waals surface area (Å²) < 4.78 is 0. The molecular formula is C32H39N5O2. The Kier molecular flexibility index (Phi) is 6.58. The van der Waals surface area contributed by atoms with Crippen LogP contribution in [0.3, 0.4) is 0 Å². The van der Waals surface area contributed by atoms with Crippen molar-refractivity contribution in [1.82, 2.24) is 25.3 Å². The number of nitrogens with zero attached hydrogens (tertiary/aromatic N) is 3. The lowest BCUT2D eigenvalue weighted by Gasteiger charge is -2.33. The molecule has 0 atom stereocenters. The molecule has 2 N–H and O–H groups in total. The molecule has 1 fully saturated rings. The number of benzene rings is 2. The Morgan fingerprint density at radius 2 is 1.82 bits per heavy atom. The Morgan fingerprint density at radius 3 is 2.54 bits per heavy atom. The van der Waals surface area contributed by atoms with Crippen LogP contribution in [0.4, 0.5) is 0 Å². The van der Waals surface area contributed by atoms with Gasteiger partial charge in [0.05, 0.1) is 5.69 Å². The predicted octanol–water partition coefficient (Wildman–Crippen LogP) is 4.96. The van der Waals surface area contributed by atoms with E-state index in [1.165, 1.54) is 11.3 Å². The van der Waals surface area contributed by atoms with Crippen LogP contribution >= 0.6 is 0 Å². The summed E-state index contributed by atoms with van der Waals surface area (Å²) in [5.74, 6) is 0.0420. The normalized spacial score (nSPS) is 21.8. The second kappa shape index (κ2) is 9.94. The molecule has 7 heteroatoms. The van der Waals surface area contributed by atoms with E-state index < -0.39 is 0 Å². The van der Waals surface area contributed by atoms with Crippen LogP contribution in [0.25, 0.3) is 11.3 Å². The minimum absolute atomic E-state index is 0.0136. The summed E-state index contributed by atoms with van der Waals surface area (Å²) in [7, 11) is 4.26. The smallest absolute Gasteiger partial charge is 0.254 e. The molecule has 0 spiro atoms. The molecule has 7 nitrogen and oxygen atoms in total. The molecule has 3 aliphatic rings. The summed E-state index contributed by atoms with van der Waals surface area (Å²) in [6, 6.07) is 14.7. The van der Waals surface area contributed by atoms with Gasteiger partial charge in [0.15, 0.2) is 0 Å². The highest BCUT2D eigenvalue weighted by Gasteiger charge is 2.34. The first-order chi connectivity index (χ1) is 18.7. The Morgan fingerprint density at radius 1 is 1.08 bits per heavy atom. The molecule has 0 radical (unpaired) electrons. The fourth-order valence-corrected chi connectivity index (χ4v) is 6.64. The Hall–Kier alpha value is -3.45. The SMILES string of the molecule is CN(C)C1CCC(NC(=O)c2ccc(CN3Cc4cc(-c5n[nH]c6c5CC(C)(C)C6)ccc4C3=O)cc2)CC1. The van der Waals surface area contributed by atoms with Crippen LogP contribution in [0.2, 0.25) is 0 Å². The molecule has 0 bridgehead atoms. The van der Waals surface area contributed by atoms with E-state index in [1.807, 2.05) is 41.3 Å². The molecule has 3 aromatic rings. The Balaban J connectivity index is 1.08. The zero-order chi connectivity index (χ0) is 27.3. The topological polar surface area (TPSA) is 81.3 Å². The molecule has 2 amide bonds. The van der Waals surface area contributed by atoms with Crippen LogP contribution in [-0.2, 0) is 25.9 Å². The molecule has 0 unspecified atom stereocenters. The third-order valence-corrected chi connectivity index (χ3v) is 8.87. The van der Waals surface area contributed by atoms with Gasteiger partial charge < -0.3 is 15.1 Å². The molecule has 1 aliphatic heterocycles. The minimum atomic E-state index is -0.0136. The number of rotatable bonds is 6. The van der Waals surface area contributed by atoms with Crippen LogP contribution in [0.1, 0.15) is 82.6 Å². The largest absolute Gasteiger partial charge is 0.349 e. The first-order valence-corrected chi connectivity index (χ1v) is 14.2. The number of aromatic amines is 1. The molecule has 2 heterocycles. The average molecular weight is 526 g/mol. The average Bonchev–Trinajstić information content (AvgIpc) is 3.53. The second-order valence-corrected chi connectivity index (χ2v) is 12.7. The Labute approximate surface area is 231 Å². The third-order valence-electron chi connectivity index (χ3n) is 8.87. The summed E-state index contributed by atoms with van der Waals surface area (Å²) in [6.07, 6.45) is 6.31. The maximum absolute atomic E-state index is 13.2. The van der Waals surface area contributed by atoms with E-state index in [1.54, 1.807) is 0 Å². The maximum atomic E-state index is 13.2. The van der Waals surface area contributed by atoms with E-state index in [2.05, 4.69) is 54.4 Å². The lowest BCUT2D eigenvalue weighted by molar-refractivity contribution is 0.0766. The fourth-order valence-electron chi connectivity index (χ4n) is 6.64. The minimum Gasteiger partial charge on any atom is -0.349 e. The maximum Gasteiger partial charge on any atom is 0.254 e. The van der Waals surface area contributed by atoms with Gasteiger partial charge >= 0.3 is 0 Å². The zero-order valence-corrected chi connectivity index (χ0v) is 23.5. The van der Waals surface area contributed by atoms with Gasteiger partial charge in [-0.1, -0.05) is 32.0 Å². The molecular weight excluding hydrogens is 486 g/mol. The number of hydrogen-bond acceptors (Lipinski definition) is 4. The Bertz CT molecular complexity index is 1400. The molecule has 204 valence electrons. The van der Waals surface area contributed by atoms with Gasteiger partial charge in [0, 0.05) is 53.1 Å². The molecule has 39 heavy (non-hydrogen) atoms. The highest BCUT2D eigenvalue weighted by atomic mass is 16.2. The third kappa shape index (κ3) is 5.12. The molecule has 2 aromatic carbocycles. The van der Waals surface area contributed by atoms with Crippen molar-refractivity contribution in [2.45, 2.75) is 77.5 Å². The van der Waals surface area contributed by atoms with Crippen molar-refractivity contribution in [3.63, 3.8) is 0 Å². The van der Waals surface area contributed by atoms with Crippen molar-refractivity contribution in [2.75, 3.05) is 14.1 Å². The lowest BCUT2D eigenvalue weighted by Crippen LogP contribution is -2.41. The second-order valence-electron chi connectivity index (χ2n) is 12.7. The lowest BCUT2D eigenvalue weighted by atomic mass is 9.90. The number of H-pyrrole nitrogens is 1. The highest BCUT2D eigenvalue weighted by molar-refractivity contribution is 5.99. The summed E-state index contributed by atoms with van der Waals surface area (Å²) >= 11 is 0. The van der Waals surface area contributed by atoms with E-state index >= 15 is 0 Å². The van der Waals surface area contributed by atoms with Crippen LogP contribution in [0.5, 0.6) is 0 Å². The summed E-state index contributed by atoms with van der Waals surface area (Å²) in [5, 5.41) is 11.1. The first-order valence-electron chi connectivity index (χ1n) is 14.2. The number of amides is 2. The molecule has 0 saturated heterocycles. The fraction of sp³-hybridized carbons (Fsp3) is 0.469. The van der Waals surface area contributed by atoms with Crippen molar-refractivity contribution < 1.29 is 9.59 Å². The van der Waals surface area contributed by atoms with E-state index in [4.69, 9.17) is 0 Å². The number of carbonyl (C=O) groups is 2. The van der Waals surface area contributed by atoms with E-state index in [9.17, 15) is 9.59 Å². The van der Waals surface area contributed by atoms with Gasteiger partial charge in [0.1, 0.15) is 0 Å². The number of nitrogens with one attached hydrogen (secondary N) is 2. The number of aromatic nitrogens is 2. The van der Waals surface area contributed by atoms with Crippen LogP contribution in [0.15, 0.2) is 42.5 Å². The number of fused-ring (bicyclic) bond motifs is 2. The quantitative estimate of drug-likeness (QED) is 0.477. The van der Waals surface area contributed by atoms with Gasteiger partial charge in [0.25, 0.3) is 11.8 Å². The summed E-state index contributed by atoms with van der Waals surface area (Å²) in [5.41, 5.74) is 8.40. The van der Waals surface area contributed by atoms with Crippen LogP contribution < -0.4 is 5.32 Å². The number of hydrogen-bond donors (Lipinski definition) is 2. The summed E-state index contributed by atoms with van der Waals surface area (Å²) in [6.45, 7) is 5.68. The van der Waals surface area contributed by atoms with Crippen molar-refractivity contribution >= 4 is 11.8 Å². The van der Waals surface area contributed by atoms with Crippen molar-refractivity contribution in [3.8, 4) is 11.3 Å². The standard InChI is InChI=1S/C32H39N5O2/c1-32(2)16-27-28(17-32)34-35-29(27)22-9-14-26-23(15-22)19-37(31(26)39)18-20-5-7-21(8-6-20)30(38)33-24-10-12-25(13-11-24)36(3)4/h5-9,14-15,24-25H,10-13,16-19H2,1-4H3,(H,33,38)(H,34,35). The van der Waals surface area contributed by atoms with Gasteiger partial charge in [0.2, 0.25) is 0 Å². The van der Waals surface area contributed by atoms with E-state index in [0.717, 1.165) is 66.5 Å². The highest BCUT2D eigenvalue weighted by Crippen LogP contribution is 2.40. The van der Waals surface area contributed by atoms with Gasteiger partial charge in [-0.2, -0.15) is 5.10 Å². The van der Waals surface area contributed by atoms with Crippen molar-refractivity contribution in [1.29, 1.82) is 0 Å². The van der Waals surface area contributed by atoms with Crippen LogP contribution in [-0.4, -0.2) is 58.0 Å². The predicted molar refractivity (Wildman–Crippen MR) is 152 cm³/mol. The first kappa shape index (κ1) is 25.8. The molecule has 6 rings (SSSR count).